The Morgan fingerprint density at radius 2 is 1.91 bits per heavy atom. The number of nitrogens with one attached hydrogen (secondary N) is 1. The summed E-state index contributed by atoms with van der Waals surface area (Å²) >= 11 is 0. The van der Waals surface area contributed by atoms with Gasteiger partial charge in [-0.25, -0.2) is 0 Å². The third kappa shape index (κ3) is 5.40. The van der Waals surface area contributed by atoms with Gasteiger partial charge < -0.3 is 20.4 Å². The van der Waals surface area contributed by atoms with Gasteiger partial charge in [-0.05, 0) is 17.5 Å². The number of amides is 1. The summed E-state index contributed by atoms with van der Waals surface area (Å²) in [5.41, 5.74) is 1.83. The van der Waals surface area contributed by atoms with Crippen molar-refractivity contribution < 1.29 is 15.0 Å². The number of para-hydroxylation sites is 1. The molecule has 6 heteroatoms. The number of rotatable bonds is 8. The molecule has 0 saturated heterocycles. The first-order valence-corrected chi connectivity index (χ1v) is 7.51. The summed E-state index contributed by atoms with van der Waals surface area (Å²) in [5.74, 6) is -0.223. The van der Waals surface area contributed by atoms with Crippen LogP contribution in [0.5, 0.6) is 0 Å². The number of hydrogen-bond acceptors (Lipinski definition) is 5. The number of aliphatic hydroxyl groups excluding tert-OH is 2. The summed E-state index contributed by atoms with van der Waals surface area (Å²) in [6.07, 6.45) is 1.37. The average Bonchev–Trinajstić information content (AvgIpc) is 2.55. The van der Waals surface area contributed by atoms with Gasteiger partial charge in [-0.1, -0.05) is 32.0 Å². The van der Waals surface area contributed by atoms with E-state index >= 15 is 0 Å². The van der Waals surface area contributed by atoms with Crippen LogP contribution in [0.2, 0.25) is 0 Å². The molecule has 0 spiro atoms. The highest BCUT2D eigenvalue weighted by atomic mass is 16.3. The number of carbonyl (C=O) groups excluding carboxylic acids is 1. The van der Waals surface area contributed by atoms with Gasteiger partial charge >= 0.3 is 0 Å². The Hall–Kier alpha value is -2.36. The largest absolute Gasteiger partial charge is 0.395 e. The van der Waals surface area contributed by atoms with Crippen molar-refractivity contribution in [2.24, 2.45) is 0 Å². The molecule has 0 fully saturated rings. The van der Waals surface area contributed by atoms with Gasteiger partial charge in [0.1, 0.15) is 11.6 Å². The molecule has 0 aliphatic rings. The lowest BCUT2D eigenvalue weighted by Crippen LogP contribution is -2.36. The molecule has 124 valence electrons. The number of benzene rings is 1. The molecule has 1 aromatic carbocycles. The SMILES string of the molecule is CC(C)c1ccccc1N/C=C(/C#N)C(=O)N(CCO)CCO. The highest BCUT2D eigenvalue weighted by Crippen LogP contribution is 2.23. The number of anilines is 1. The summed E-state index contributed by atoms with van der Waals surface area (Å²) < 4.78 is 0. The van der Waals surface area contributed by atoms with E-state index in [1.54, 1.807) is 0 Å². The maximum absolute atomic E-state index is 12.3. The molecule has 0 radical (unpaired) electrons. The zero-order valence-electron chi connectivity index (χ0n) is 13.5. The first-order chi connectivity index (χ1) is 11.0. The molecule has 1 rings (SSSR count). The Kier molecular flexibility index (Phi) is 7.81. The van der Waals surface area contributed by atoms with Crippen molar-refractivity contribution in [3.63, 3.8) is 0 Å². The van der Waals surface area contributed by atoms with E-state index in [0.717, 1.165) is 11.3 Å². The van der Waals surface area contributed by atoms with E-state index in [9.17, 15) is 10.1 Å². The fourth-order valence-electron chi connectivity index (χ4n) is 2.15. The number of carbonyl (C=O) groups is 1. The van der Waals surface area contributed by atoms with Gasteiger partial charge in [-0.2, -0.15) is 5.26 Å². The van der Waals surface area contributed by atoms with Gasteiger partial charge in [0.15, 0.2) is 0 Å². The molecule has 0 atom stereocenters. The van der Waals surface area contributed by atoms with Crippen molar-refractivity contribution in [2.45, 2.75) is 19.8 Å². The van der Waals surface area contributed by atoms with Crippen LogP contribution in [0.25, 0.3) is 0 Å². The molecule has 1 aromatic rings. The molecule has 0 heterocycles. The summed E-state index contributed by atoms with van der Waals surface area (Å²) in [6, 6.07) is 9.54. The predicted octanol–water partition coefficient (Wildman–Crippen LogP) is 1.44. The average molecular weight is 317 g/mol. The minimum absolute atomic E-state index is 0.0704. The predicted molar refractivity (Wildman–Crippen MR) is 88.6 cm³/mol. The minimum Gasteiger partial charge on any atom is -0.395 e. The molecule has 0 unspecified atom stereocenters. The van der Waals surface area contributed by atoms with Gasteiger partial charge in [0.25, 0.3) is 5.91 Å². The van der Waals surface area contributed by atoms with E-state index in [0.29, 0.717) is 5.92 Å². The van der Waals surface area contributed by atoms with Crippen LogP contribution in [0.1, 0.15) is 25.3 Å². The van der Waals surface area contributed by atoms with Gasteiger partial charge in [0, 0.05) is 25.0 Å². The van der Waals surface area contributed by atoms with E-state index < -0.39 is 5.91 Å². The monoisotopic (exact) mass is 317 g/mol. The van der Waals surface area contributed by atoms with Gasteiger partial charge in [0.05, 0.1) is 13.2 Å². The van der Waals surface area contributed by atoms with Crippen LogP contribution in [0.4, 0.5) is 5.69 Å². The topological polar surface area (TPSA) is 96.6 Å². The second-order valence-corrected chi connectivity index (χ2v) is 5.30. The maximum Gasteiger partial charge on any atom is 0.266 e. The first-order valence-electron chi connectivity index (χ1n) is 7.51. The lowest BCUT2D eigenvalue weighted by molar-refractivity contribution is -0.127. The Balaban J connectivity index is 2.95. The van der Waals surface area contributed by atoms with Gasteiger partial charge in [-0.3, -0.25) is 4.79 Å². The molecule has 0 aliphatic carbocycles. The van der Waals surface area contributed by atoms with Crippen LogP contribution in [-0.4, -0.2) is 47.3 Å². The lowest BCUT2D eigenvalue weighted by Gasteiger charge is -2.20. The second kappa shape index (κ2) is 9.62. The van der Waals surface area contributed by atoms with Crippen molar-refractivity contribution in [3.8, 4) is 6.07 Å². The van der Waals surface area contributed by atoms with Crippen molar-refractivity contribution in [1.29, 1.82) is 5.26 Å². The molecule has 0 bridgehead atoms. The molecule has 23 heavy (non-hydrogen) atoms. The fourth-order valence-corrected chi connectivity index (χ4v) is 2.15. The van der Waals surface area contributed by atoms with E-state index in [1.165, 1.54) is 11.1 Å². The fraction of sp³-hybridized carbons (Fsp3) is 0.412. The summed E-state index contributed by atoms with van der Waals surface area (Å²) in [6.45, 7) is 3.81. The lowest BCUT2D eigenvalue weighted by atomic mass is 10.0. The van der Waals surface area contributed by atoms with Gasteiger partial charge in [-0.15, -0.1) is 0 Å². The minimum atomic E-state index is -0.523. The van der Waals surface area contributed by atoms with Crippen LogP contribution < -0.4 is 5.32 Å². The summed E-state index contributed by atoms with van der Waals surface area (Å²) in [5, 5.41) is 30.2. The van der Waals surface area contributed by atoms with Crippen molar-refractivity contribution >= 4 is 11.6 Å². The van der Waals surface area contributed by atoms with E-state index in [4.69, 9.17) is 10.2 Å². The molecular weight excluding hydrogens is 294 g/mol. The third-order valence-corrected chi connectivity index (χ3v) is 3.33. The maximum atomic E-state index is 12.3. The molecule has 3 N–H and O–H groups in total. The van der Waals surface area contributed by atoms with Crippen LogP contribution in [0.3, 0.4) is 0 Å². The number of nitriles is 1. The summed E-state index contributed by atoms with van der Waals surface area (Å²) in [7, 11) is 0. The standard InChI is InChI=1S/C17H23N3O3/c1-13(2)15-5-3-4-6-16(15)19-12-14(11-18)17(23)20(7-9-21)8-10-22/h3-6,12-13,19,21-22H,7-10H2,1-2H3/b14-12-. The van der Waals surface area contributed by atoms with Crippen molar-refractivity contribution in [2.75, 3.05) is 31.6 Å². The second-order valence-electron chi connectivity index (χ2n) is 5.30. The zero-order chi connectivity index (χ0) is 17.2. The van der Waals surface area contributed by atoms with E-state index in [2.05, 4.69) is 19.2 Å². The van der Waals surface area contributed by atoms with Crippen LogP contribution in [0.15, 0.2) is 36.0 Å². The smallest absolute Gasteiger partial charge is 0.266 e. The molecule has 0 saturated carbocycles. The Morgan fingerprint density at radius 1 is 1.30 bits per heavy atom. The molecular formula is C17H23N3O3. The molecule has 6 nitrogen and oxygen atoms in total. The quantitative estimate of drug-likeness (QED) is 0.498. The van der Waals surface area contributed by atoms with Crippen molar-refractivity contribution in [3.05, 3.63) is 41.6 Å². The van der Waals surface area contributed by atoms with Crippen LogP contribution in [0, 0.1) is 11.3 Å². The Labute approximate surface area is 136 Å². The normalized spacial score (nSPS) is 11.2. The Bertz CT molecular complexity index is 585. The number of nitrogens with zero attached hydrogens (tertiary/aromatic N) is 2. The van der Waals surface area contributed by atoms with Crippen molar-refractivity contribution in [1.82, 2.24) is 4.90 Å². The molecule has 0 aromatic heterocycles. The molecule has 0 aliphatic heterocycles. The van der Waals surface area contributed by atoms with Gasteiger partial charge in [0.2, 0.25) is 0 Å². The Morgan fingerprint density at radius 3 is 2.43 bits per heavy atom. The highest BCUT2D eigenvalue weighted by Gasteiger charge is 2.17. The first kappa shape index (κ1) is 18.7. The number of aliphatic hydroxyl groups is 2. The van der Waals surface area contributed by atoms with E-state index in [1.807, 2.05) is 30.3 Å². The third-order valence-electron chi connectivity index (χ3n) is 3.33. The van der Waals surface area contributed by atoms with Crippen LogP contribution >= 0.6 is 0 Å². The number of hydrogen-bond donors (Lipinski definition) is 3. The zero-order valence-corrected chi connectivity index (χ0v) is 13.5. The van der Waals surface area contributed by atoms with Crippen LogP contribution in [-0.2, 0) is 4.79 Å². The highest BCUT2D eigenvalue weighted by molar-refractivity contribution is 5.97. The molecule has 1 amide bonds. The summed E-state index contributed by atoms with van der Waals surface area (Å²) in [4.78, 5) is 13.5. The van der Waals surface area contributed by atoms with E-state index in [-0.39, 0.29) is 31.9 Å².